The highest BCUT2D eigenvalue weighted by molar-refractivity contribution is 9.11. The predicted molar refractivity (Wildman–Crippen MR) is 63.5 cm³/mol. The number of aromatic nitrogens is 2. The molecule has 5 heteroatoms. The van der Waals surface area contributed by atoms with Gasteiger partial charge in [0.25, 0.3) is 5.56 Å². The van der Waals surface area contributed by atoms with Crippen molar-refractivity contribution < 1.29 is 0 Å². The molecule has 0 spiro atoms. The number of halogens is 2. The van der Waals surface area contributed by atoms with Crippen LogP contribution in [-0.4, -0.2) is 9.55 Å². The number of nitrogens with zero attached hydrogens (tertiary/aromatic N) is 2. The van der Waals surface area contributed by atoms with Crippen molar-refractivity contribution in [1.29, 1.82) is 0 Å². The van der Waals surface area contributed by atoms with Crippen molar-refractivity contribution in [3.63, 3.8) is 0 Å². The monoisotopic (exact) mass is 288 g/mol. The summed E-state index contributed by atoms with van der Waals surface area (Å²) < 4.78 is 2.39. The largest absolute Gasteiger partial charge is 0.291 e. The van der Waals surface area contributed by atoms with E-state index in [0.717, 1.165) is 23.1 Å². The van der Waals surface area contributed by atoms with Crippen LogP contribution in [0, 0.1) is 0 Å². The summed E-state index contributed by atoms with van der Waals surface area (Å²) in [6.07, 6.45) is 2.17. The quantitative estimate of drug-likeness (QED) is 0.802. The molecule has 15 heavy (non-hydrogen) atoms. The molecule has 3 nitrogen and oxygen atoms in total. The zero-order chi connectivity index (χ0) is 11.0. The third-order valence-electron chi connectivity index (χ3n) is 2.28. The van der Waals surface area contributed by atoms with E-state index in [1.54, 1.807) is 4.57 Å². The molecule has 0 amide bonds. The fourth-order valence-electron chi connectivity index (χ4n) is 1.48. The molecule has 0 saturated heterocycles. The van der Waals surface area contributed by atoms with Crippen molar-refractivity contribution in [1.82, 2.24) is 9.55 Å². The summed E-state index contributed by atoms with van der Waals surface area (Å²) in [7, 11) is 0. The first-order valence-electron chi connectivity index (χ1n) is 4.68. The van der Waals surface area contributed by atoms with Gasteiger partial charge in [-0.1, -0.05) is 34.1 Å². The van der Waals surface area contributed by atoms with Gasteiger partial charge < -0.3 is 0 Å². The molecule has 2 rings (SSSR count). The highest BCUT2D eigenvalue weighted by atomic mass is 79.9. The summed E-state index contributed by atoms with van der Waals surface area (Å²) in [6.45, 7) is 4.18. The van der Waals surface area contributed by atoms with Gasteiger partial charge in [-0.3, -0.25) is 9.36 Å². The van der Waals surface area contributed by atoms with Crippen LogP contribution in [0.2, 0.25) is 5.15 Å². The van der Waals surface area contributed by atoms with Crippen molar-refractivity contribution in [2.24, 2.45) is 0 Å². The molecule has 80 valence electrons. The molecule has 1 heterocycles. The Morgan fingerprint density at radius 1 is 1.73 bits per heavy atom. The van der Waals surface area contributed by atoms with Crippen LogP contribution in [0.3, 0.4) is 0 Å². The van der Waals surface area contributed by atoms with E-state index in [-0.39, 0.29) is 10.7 Å². The topological polar surface area (TPSA) is 34.9 Å². The van der Waals surface area contributed by atoms with Crippen molar-refractivity contribution in [2.45, 2.75) is 25.3 Å². The molecule has 0 radical (unpaired) electrons. The van der Waals surface area contributed by atoms with Gasteiger partial charge in [-0.15, -0.1) is 0 Å². The SMILES string of the molecule is C=C(Br)Cn1c(C2CC2)nc(Cl)cc1=O. The lowest BCUT2D eigenvalue weighted by Crippen LogP contribution is -2.24. The van der Waals surface area contributed by atoms with E-state index in [2.05, 4.69) is 27.5 Å². The van der Waals surface area contributed by atoms with Crippen LogP contribution in [0.15, 0.2) is 21.9 Å². The van der Waals surface area contributed by atoms with Crippen LogP contribution in [0.1, 0.15) is 24.6 Å². The van der Waals surface area contributed by atoms with E-state index < -0.39 is 0 Å². The predicted octanol–water partition coefficient (Wildman–Crippen LogP) is 2.68. The molecular formula is C10H10BrClN2O. The van der Waals surface area contributed by atoms with Crippen LogP contribution in [0.25, 0.3) is 0 Å². The lowest BCUT2D eigenvalue weighted by Gasteiger charge is -2.10. The zero-order valence-electron chi connectivity index (χ0n) is 8.04. The van der Waals surface area contributed by atoms with Crippen LogP contribution in [0.4, 0.5) is 0 Å². The Labute approximate surface area is 101 Å². The molecule has 0 aliphatic heterocycles. The fraction of sp³-hybridized carbons (Fsp3) is 0.400. The molecule has 0 bridgehead atoms. The Balaban J connectivity index is 2.48. The van der Waals surface area contributed by atoms with Crippen LogP contribution < -0.4 is 5.56 Å². The second-order valence-electron chi connectivity index (χ2n) is 3.65. The summed E-state index contributed by atoms with van der Waals surface area (Å²) in [5.74, 6) is 1.18. The molecule has 1 fully saturated rings. The number of allylic oxidation sites excluding steroid dienone is 1. The molecule has 1 aromatic heterocycles. The van der Waals surface area contributed by atoms with Gasteiger partial charge in [0, 0.05) is 16.5 Å². The minimum atomic E-state index is -0.113. The molecule has 0 N–H and O–H groups in total. The van der Waals surface area contributed by atoms with Crippen LogP contribution in [-0.2, 0) is 6.54 Å². The van der Waals surface area contributed by atoms with Crippen molar-refractivity contribution >= 4 is 27.5 Å². The first kappa shape index (κ1) is 10.9. The highest BCUT2D eigenvalue weighted by Gasteiger charge is 2.28. The van der Waals surface area contributed by atoms with E-state index in [1.807, 2.05) is 0 Å². The third-order valence-corrected chi connectivity index (χ3v) is 2.72. The lowest BCUT2D eigenvalue weighted by atomic mass is 10.3. The van der Waals surface area contributed by atoms with Gasteiger partial charge in [0.1, 0.15) is 11.0 Å². The molecule has 1 saturated carbocycles. The minimum absolute atomic E-state index is 0.113. The first-order chi connectivity index (χ1) is 7.08. The Kier molecular flexibility index (Phi) is 2.98. The molecule has 1 aliphatic rings. The summed E-state index contributed by atoms with van der Waals surface area (Å²) >= 11 is 9.02. The van der Waals surface area contributed by atoms with Gasteiger partial charge in [-0.25, -0.2) is 4.98 Å². The molecule has 1 aromatic rings. The van der Waals surface area contributed by atoms with Crippen LogP contribution in [0.5, 0.6) is 0 Å². The third kappa shape index (κ3) is 2.49. The normalized spacial score (nSPS) is 15.3. The Hall–Kier alpha value is -0.610. The molecule has 0 aromatic carbocycles. The fourth-order valence-corrected chi connectivity index (χ4v) is 1.91. The van der Waals surface area contributed by atoms with E-state index >= 15 is 0 Å². The summed E-state index contributed by atoms with van der Waals surface area (Å²) in [5, 5.41) is 0.276. The van der Waals surface area contributed by atoms with E-state index in [0.29, 0.717) is 12.5 Å². The van der Waals surface area contributed by atoms with Gasteiger partial charge in [0.15, 0.2) is 0 Å². The van der Waals surface area contributed by atoms with Gasteiger partial charge in [-0.2, -0.15) is 0 Å². The number of hydrogen-bond acceptors (Lipinski definition) is 2. The van der Waals surface area contributed by atoms with E-state index in [4.69, 9.17) is 11.6 Å². The highest BCUT2D eigenvalue weighted by Crippen LogP contribution is 2.38. The smallest absolute Gasteiger partial charge is 0.255 e. The molecule has 0 unspecified atom stereocenters. The number of hydrogen-bond donors (Lipinski definition) is 0. The van der Waals surface area contributed by atoms with E-state index in [9.17, 15) is 4.79 Å². The van der Waals surface area contributed by atoms with Crippen molar-refractivity contribution in [3.8, 4) is 0 Å². The standard InChI is InChI=1S/C10H10BrClN2O/c1-6(11)5-14-9(15)4-8(12)13-10(14)7-2-3-7/h4,7H,1-3,5H2. The van der Waals surface area contributed by atoms with Gasteiger partial charge in [0.05, 0.1) is 6.54 Å². The van der Waals surface area contributed by atoms with Gasteiger partial charge in [-0.05, 0) is 12.8 Å². The van der Waals surface area contributed by atoms with Crippen molar-refractivity contribution in [2.75, 3.05) is 0 Å². The maximum Gasteiger partial charge on any atom is 0.255 e. The van der Waals surface area contributed by atoms with E-state index in [1.165, 1.54) is 6.07 Å². The Morgan fingerprint density at radius 3 is 2.93 bits per heavy atom. The van der Waals surface area contributed by atoms with Gasteiger partial charge >= 0.3 is 0 Å². The summed E-state index contributed by atoms with van der Waals surface area (Å²) in [6, 6.07) is 1.34. The second-order valence-corrected chi connectivity index (χ2v) is 5.16. The Morgan fingerprint density at radius 2 is 2.40 bits per heavy atom. The van der Waals surface area contributed by atoms with Crippen molar-refractivity contribution in [3.05, 3.63) is 38.5 Å². The number of rotatable bonds is 3. The maximum absolute atomic E-state index is 11.7. The van der Waals surface area contributed by atoms with Gasteiger partial charge in [0.2, 0.25) is 0 Å². The molecule has 0 atom stereocenters. The average Bonchev–Trinajstić information content (AvgIpc) is 2.91. The van der Waals surface area contributed by atoms with Crippen LogP contribution >= 0.6 is 27.5 Å². The second kappa shape index (κ2) is 4.10. The summed E-state index contributed by atoms with van der Waals surface area (Å²) in [5.41, 5.74) is -0.113. The molecule has 1 aliphatic carbocycles. The lowest BCUT2D eigenvalue weighted by molar-refractivity contribution is 0.678. The average molecular weight is 290 g/mol. The zero-order valence-corrected chi connectivity index (χ0v) is 10.4. The minimum Gasteiger partial charge on any atom is -0.291 e. The first-order valence-corrected chi connectivity index (χ1v) is 5.85. The summed E-state index contributed by atoms with van der Waals surface area (Å²) in [4.78, 5) is 15.9. The maximum atomic E-state index is 11.7. The Bertz CT molecular complexity index is 465. The molecular weight excluding hydrogens is 279 g/mol.